The first kappa shape index (κ1) is 8.95. The van der Waals surface area contributed by atoms with Crippen LogP contribution in [-0.4, -0.2) is 20.9 Å². The summed E-state index contributed by atoms with van der Waals surface area (Å²) >= 11 is 0. The maximum absolute atomic E-state index is 11.2. The van der Waals surface area contributed by atoms with Crippen molar-refractivity contribution in [1.82, 2.24) is 9.78 Å². The summed E-state index contributed by atoms with van der Waals surface area (Å²) < 4.78 is 1.90. The molecule has 1 N–H and O–H groups in total. The monoisotopic (exact) mass is 206 g/mol. The van der Waals surface area contributed by atoms with E-state index in [1.54, 1.807) is 6.20 Å². The minimum Gasteiger partial charge on any atom is -0.481 e. The van der Waals surface area contributed by atoms with Gasteiger partial charge in [-0.3, -0.25) is 9.48 Å². The predicted octanol–water partition coefficient (Wildman–Crippen LogP) is 1.41. The van der Waals surface area contributed by atoms with E-state index in [2.05, 4.69) is 5.10 Å². The van der Waals surface area contributed by atoms with Crippen molar-refractivity contribution in [3.05, 3.63) is 18.0 Å². The molecule has 0 atom stereocenters. The lowest BCUT2D eigenvalue weighted by Gasteiger charge is -2.12. The van der Waals surface area contributed by atoms with Crippen LogP contribution in [0.5, 0.6) is 0 Å². The Bertz CT molecular complexity index is 402. The standard InChI is InChI=1S/C11H14N2O2/c14-10(15)11(4-5-11)9-3-6-12-13(9)7-8-1-2-8/h3,6,8H,1-2,4-5,7H2,(H,14,15). The number of hydrogen-bond acceptors (Lipinski definition) is 2. The number of carboxylic acid groups (broad SMARTS) is 1. The minimum absolute atomic E-state index is 0.606. The number of carbonyl (C=O) groups is 1. The number of hydrogen-bond donors (Lipinski definition) is 1. The molecule has 1 aromatic rings. The number of carboxylic acids is 1. The Labute approximate surface area is 87.9 Å². The zero-order chi connectivity index (χ0) is 10.5. The Hall–Kier alpha value is -1.32. The van der Waals surface area contributed by atoms with Gasteiger partial charge in [-0.1, -0.05) is 0 Å². The molecule has 0 spiro atoms. The summed E-state index contributed by atoms with van der Waals surface area (Å²) in [4.78, 5) is 11.2. The van der Waals surface area contributed by atoms with Gasteiger partial charge >= 0.3 is 5.97 Å². The summed E-state index contributed by atoms with van der Waals surface area (Å²) in [7, 11) is 0. The number of nitrogens with zero attached hydrogens (tertiary/aromatic N) is 2. The number of aromatic nitrogens is 2. The summed E-state index contributed by atoms with van der Waals surface area (Å²) in [6.07, 6.45) is 5.77. The molecule has 0 amide bonds. The Morgan fingerprint density at radius 1 is 1.60 bits per heavy atom. The fourth-order valence-corrected chi connectivity index (χ4v) is 2.13. The normalized spacial score (nSPS) is 22.7. The Morgan fingerprint density at radius 2 is 2.33 bits per heavy atom. The molecule has 4 nitrogen and oxygen atoms in total. The van der Waals surface area contributed by atoms with Crippen LogP contribution >= 0.6 is 0 Å². The lowest BCUT2D eigenvalue weighted by atomic mass is 10.0. The molecule has 2 aliphatic carbocycles. The third-order valence-electron chi connectivity index (χ3n) is 3.49. The first-order valence-corrected chi connectivity index (χ1v) is 5.48. The molecule has 0 bridgehead atoms. The van der Waals surface area contributed by atoms with E-state index >= 15 is 0 Å². The zero-order valence-electron chi connectivity index (χ0n) is 8.52. The van der Waals surface area contributed by atoms with Gasteiger partial charge in [0.1, 0.15) is 5.41 Å². The largest absolute Gasteiger partial charge is 0.481 e. The van der Waals surface area contributed by atoms with Gasteiger partial charge in [-0.25, -0.2) is 0 Å². The van der Waals surface area contributed by atoms with Crippen molar-refractivity contribution >= 4 is 5.97 Å². The van der Waals surface area contributed by atoms with E-state index < -0.39 is 11.4 Å². The molecular weight excluding hydrogens is 192 g/mol. The van der Waals surface area contributed by atoms with Crippen molar-refractivity contribution < 1.29 is 9.90 Å². The van der Waals surface area contributed by atoms with Crippen molar-refractivity contribution in [2.24, 2.45) is 5.92 Å². The second kappa shape index (κ2) is 2.84. The van der Waals surface area contributed by atoms with Crippen LogP contribution in [0.1, 0.15) is 31.4 Å². The molecular formula is C11H14N2O2. The average molecular weight is 206 g/mol. The van der Waals surface area contributed by atoms with Gasteiger partial charge in [0.05, 0.1) is 5.69 Å². The second-order valence-corrected chi connectivity index (χ2v) is 4.73. The molecule has 0 aromatic carbocycles. The summed E-state index contributed by atoms with van der Waals surface area (Å²) in [5.74, 6) is 0.0355. The topological polar surface area (TPSA) is 55.1 Å². The Balaban J connectivity index is 1.90. The highest BCUT2D eigenvalue weighted by Crippen LogP contribution is 2.48. The number of rotatable bonds is 4. The van der Waals surface area contributed by atoms with E-state index in [0.717, 1.165) is 31.0 Å². The van der Waals surface area contributed by atoms with Crippen LogP contribution in [0.15, 0.2) is 12.3 Å². The van der Waals surface area contributed by atoms with E-state index in [1.807, 2.05) is 10.7 Å². The van der Waals surface area contributed by atoms with Crippen molar-refractivity contribution in [3.8, 4) is 0 Å². The van der Waals surface area contributed by atoms with Gasteiger partial charge in [0.15, 0.2) is 0 Å². The molecule has 4 heteroatoms. The molecule has 0 unspecified atom stereocenters. The molecule has 0 saturated heterocycles. The summed E-state index contributed by atoms with van der Waals surface area (Å²) in [5.41, 5.74) is 0.299. The lowest BCUT2D eigenvalue weighted by molar-refractivity contribution is -0.140. The van der Waals surface area contributed by atoms with E-state index in [1.165, 1.54) is 12.8 Å². The maximum atomic E-state index is 11.2. The van der Waals surface area contributed by atoms with Crippen molar-refractivity contribution in [1.29, 1.82) is 0 Å². The predicted molar refractivity (Wildman–Crippen MR) is 53.5 cm³/mol. The molecule has 2 fully saturated rings. The maximum Gasteiger partial charge on any atom is 0.315 e. The fourth-order valence-electron chi connectivity index (χ4n) is 2.13. The Kier molecular flexibility index (Phi) is 1.69. The molecule has 1 heterocycles. The zero-order valence-corrected chi connectivity index (χ0v) is 8.52. The SMILES string of the molecule is O=C(O)C1(c2ccnn2CC2CC2)CC1. The first-order valence-electron chi connectivity index (χ1n) is 5.48. The van der Waals surface area contributed by atoms with Gasteiger partial charge in [-0.15, -0.1) is 0 Å². The van der Waals surface area contributed by atoms with Gasteiger partial charge in [0, 0.05) is 12.7 Å². The summed E-state index contributed by atoms with van der Waals surface area (Å²) in [5, 5.41) is 13.4. The van der Waals surface area contributed by atoms with Crippen LogP contribution in [0.3, 0.4) is 0 Å². The van der Waals surface area contributed by atoms with Gasteiger partial charge in [0.25, 0.3) is 0 Å². The van der Waals surface area contributed by atoms with Crippen LogP contribution in [0.25, 0.3) is 0 Å². The average Bonchev–Trinajstić information content (AvgIpc) is 3.07. The van der Waals surface area contributed by atoms with E-state index in [-0.39, 0.29) is 0 Å². The lowest BCUT2D eigenvalue weighted by Crippen LogP contribution is -2.24. The molecule has 3 rings (SSSR count). The van der Waals surface area contributed by atoms with Crippen LogP contribution in [-0.2, 0) is 16.8 Å². The van der Waals surface area contributed by atoms with E-state index in [4.69, 9.17) is 0 Å². The molecule has 2 aliphatic rings. The highest BCUT2D eigenvalue weighted by Gasteiger charge is 2.54. The smallest absolute Gasteiger partial charge is 0.315 e. The van der Waals surface area contributed by atoms with Crippen molar-refractivity contribution in [2.45, 2.75) is 37.6 Å². The van der Waals surface area contributed by atoms with Crippen LogP contribution in [0.2, 0.25) is 0 Å². The third kappa shape index (κ3) is 1.35. The molecule has 15 heavy (non-hydrogen) atoms. The molecule has 0 radical (unpaired) electrons. The van der Waals surface area contributed by atoms with Crippen molar-refractivity contribution in [3.63, 3.8) is 0 Å². The second-order valence-electron chi connectivity index (χ2n) is 4.73. The van der Waals surface area contributed by atoms with Gasteiger partial charge < -0.3 is 5.11 Å². The fraction of sp³-hybridized carbons (Fsp3) is 0.636. The summed E-state index contributed by atoms with van der Waals surface area (Å²) in [6, 6.07) is 1.86. The summed E-state index contributed by atoms with van der Waals surface area (Å²) in [6.45, 7) is 0.900. The third-order valence-corrected chi connectivity index (χ3v) is 3.49. The van der Waals surface area contributed by atoms with Crippen LogP contribution in [0.4, 0.5) is 0 Å². The van der Waals surface area contributed by atoms with E-state index in [9.17, 15) is 9.90 Å². The minimum atomic E-state index is -0.694. The quantitative estimate of drug-likeness (QED) is 0.810. The first-order chi connectivity index (χ1) is 7.22. The number of aliphatic carboxylic acids is 1. The highest BCUT2D eigenvalue weighted by molar-refractivity contribution is 5.84. The van der Waals surface area contributed by atoms with Crippen molar-refractivity contribution in [2.75, 3.05) is 0 Å². The van der Waals surface area contributed by atoms with Gasteiger partial charge in [0.2, 0.25) is 0 Å². The molecule has 2 saturated carbocycles. The Morgan fingerprint density at radius 3 is 2.87 bits per heavy atom. The molecule has 1 aromatic heterocycles. The van der Waals surface area contributed by atoms with Gasteiger partial charge in [-0.2, -0.15) is 5.10 Å². The molecule has 80 valence electrons. The van der Waals surface area contributed by atoms with E-state index in [0.29, 0.717) is 0 Å². The van der Waals surface area contributed by atoms with Crippen LogP contribution in [0, 0.1) is 5.92 Å². The van der Waals surface area contributed by atoms with Crippen LogP contribution < -0.4 is 0 Å². The van der Waals surface area contributed by atoms with Gasteiger partial charge in [-0.05, 0) is 37.7 Å². The highest BCUT2D eigenvalue weighted by atomic mass is 16.4. The molecule has 0 aliphatic heterocycles.